The first kappa shape index (κ1) is 23.4. The molecule has 4 bridgehead atoms. The van der Waals surface area contributed by atoms with Gasteiger partial charge in [0.05, 0.1) is 16.9 Å². The van der Waals surface area contributed by atoms with Crippen molar-refractivity contribution < 1.29 is 4.79 Å². The van der Waals surface area contributed by atoms with Gasteiger partial charge >= 0.3 is 6.03 Å². The van der Waals surface area contributed by atoms with Gasteiger partial charge in [-0.25, -0.2) is 9.78 Å². The van der Waals surface area contributed by atoms with Gasteiger partial charge in [0.2, 0.25) is 0 Å². The summed E-state index contributed by atoms with van der Waals surface area (Å²) in [6, 6.07) is 7.30. The molecule has 2 aromatic rings. The zero-order valence-electron chi connectivity index (χ0n) is 21.1. The summed E-state index contributed by atoms with van der Waals surface area (Å²) in [7, 11) is 0. The highest BCUT2D eigenvalue weighted by Crippen LogP contribution is 2.55. The van der Waals surface area contributed by atoms with E-state index in [9.17, 15) is 9.59 Å². The normalized spacial score (nSPS) is 28.3. The Bertz CT molecular complexity index is 1070. The summed E-state index contributed by atoms with van der Waals surface area (Å²) < 4.78 is 1.80. The molecule has 2 amide bonds. The number of hydrogen-bond acceptors (Lipinski definition) is 3. The summed E-state index contributed by atoms with van der Waals surface area (Å²) in [5, 5.41) is 4.20. The Morgan fingerprint density at radius 1 is 1.12 bits per heavy atom. The predicted octanol–water partition coefficient (Wildman–Crippen LogP) is 5.65. The second-order valence-electron chi connectivity index (χ2n) is 11.3. The van der Waals surface area contributed by atoms with Crippen LogP contribution in [0.4, 0.5) is 4.79 Å². The van der Waals surface area contributed by atoms with E-state index in [1.807, 2.05) is 36.1 Å². The van der Waals surface area contributed by atoms with E-state index in [4.69, 9.17) is 4.98 Å². The van der Waals surface area contributed by atoms with Crippen LogP contribution < -0.4 is 10.9 Å². The number of para-hydroxylation sites is 1. The number of aromatic nitrogens is 2. The molecule has 0 spiro atoms. The van der Waals surface area contributed by atoms with Gasteiger partial charge in [-0.05, 0) is 88.2 Å². The second kappa shape index (κ2) is 9.35. The highest BCUT2D eigenvalue weighted by atomic mass is 16.2. The van der Waals surface area contributed by atoms with E-state index in [0.717, 1.165) is 56.3 Å². The molecule has 6 heteroatoms. The zero-order chi connectivity index (χ0) is 23.9. The molecule has 4 fully saturated rings. The Labute approximate surface area is 203 Å². The average molecular weight is 465 g/mol. The number of hydrogen-bond donors (Lipinski definition) is 1. The molecule has 4 aliphatic rings. The van der Waals surface area contributed by atoms with Crippen molar-refractivity contribution in [2.75, 3.05) is 6.54 Å². The number of nitrogens with zero attached hydrogens (tertiary/aromatic N) is 3. The van der Waals surface area contributed by atoms with Crippen LogP contribution >= 0.6 is 0 Å². The zero-order valence-corrected chi connectivity index (χ0v) is 21.1. The van der Waals surface area contributed by atoms with Crippen LogP contribution in [0.3, 0.4) is 0 Å². The number of unbranched alkanes of at least 4 members (excludes halogenated alkanes) is 1. The Kier molecular flexibility index (Phi) is 6.43. The molecule has 1 N–H and O–H groups in total. The molecule has 1 heterocycles. The first-order chi connectivity index (χ1) is 16.4. The summed E-state index contributed by atoms with van der Waals surface area (Å²) in [6.45, 7) is 7.54. The second-order valence-corrected chi connectivity index (χ2v) is 11.3. The molecule has 0 saturated heterocycles. The third kappa shape index (κ3) is 4.25. The van der Waals surface area contributed by atoms with E-state index < -0.39 is 0 Å². The Morgan fingerprint density at radius 2 is 1.76 bits per heavy atom. The number of nitrogens with one attached hydrogen (secondary N) is 1. The first-order valence-corrected chi connectivity index (χ1v) is 13.5. The number of fused-ring (bicyclic) bond motifs is 1. The molecule has 184 valence electrons. The van der Waals surface area contributed by atoms with Gasteiger partial charge in [0.25, 0.3) is 5.56 Å². The molecule has 4 saturated carbocycles. The smallest absolute Gasteiger partial charge is 0.318 e. The van der Waals surface area contributed by atoms with Crippen molar-refractivity contribution in [2.45, 2.75) is 96.7 Å². The van der Waals surface area contributed by atoms with E-state index in [2.05, 4.69) is 19.2 Å². The van der Waals surface area contributed by atoms with Crippen LogP contribution in [0.15, 0.2) is 29.1 Å². The van der Waals surface area contributed by atoms with Crippen LogP contribution in [0, 0.1) is 17.8 Å². The first-order valence-electron chi connectivity index (χ1n) is 13.5. The van der Waals surface area contributed by atoms with Gasteiger partial charge in [0.15, 0.2) is 0 Å². The van der Waals surface area contributed by atoms with Crippen molar-refractivity contribution in [3.8, 4) is 0 Å². The maximum absolute atomic E-state index is 13.9. The van der Waals surface area contributed by atoms with Crippen LogP contribution in [0.2, 0.25) is 0 Å². The molecule has 1 unspecified atom stereocenters. The van der Waals surface area contributed by atoms with Crippen molar-refractivity contribution in [1.82, 2.24) is 19.8 Å². The van der Waals surface area contributed by atoms with E-state index in [0.29, 0.717) is 29.8 Å². The number of urea groups is 1. The highest BCUT2D eigenvalue weighted by molar-refractivity contribution is 5.78. The monoisotopic (exact) mass is 464 g/mol. The third-order valence-electron chi connectivity index (χ3n) is 8.60. The van der Waals surface area contributed by atoms with Crippen LogP contribution in [0.5, 0.6) is 0 Å². The topological polar surface area (TPSA) is 67.2 Å². The summed E-state index contributed by atoms with van der Waals surface area (Å²) in [6.07, 6.45) is 10.3. The standard InChI is InChI=1S/C28H40N4O2/c1-4-6-12-31(27(34)30-28-16-20-13-21(17-28)15-22(14-20)18-28)19(3)25-29-24-10-8-7-9-23(24)26(33)32(25)11-5-2/h7-10,19-22H,4-6,11-18H2,1-3H3,(H,30,34). The van der Waals surface area contributed by atoms with Crippen molar-refractivity contribution in [3.05, 3.63) is 40.4 Å². The maximum Gasteiger partial charge on any atom is 0.318 e. The third-order valence-corrected chi connectivity index (χ3v) is 8.60. The number of benzene rings is 1. The van der Waals surface area contributed by atoms with Crippen LogP contribution in [-0.4, -0.2) is 32.6 Å². The SMILES string of the molecule is CCCCN(C(=O)NC12CC3CC(CC(C3)C1)C2)C(C)c1nc2ccccc2c(=O)n1CCC. The van der Waals surface area contributed by atoms with Crippen molar-refractivity contribution in [3.63, 3.8) is 0 Å². The van der Waals surface area contributed by atoms with Crippen molar-refractivity contribution in [2.24, 2.45) is 17.8 Å². The fraction of sp³-hybridized carbons (Fsp3) is 0.679. The highest BCUT2D eigenvalue weighted by Gasteiger charge is 2.52. The molecule has 1 atom stereocenters. The minimum atomic E-state index is -0.274. The van der Waals surface area contributed by atoms with Gasteiger partial charge in [0, 0.05) is 18.6 Å². The lowest BCUT2D eigenvalue weighted by molar-refractivity contribution is -0.0164. The molecule has 6 rings (SSSR count). The molecule has 1 aromatic heterocycles. The van der Waals surface area contributed by atoms with Gasteiger partial charge in [0.1, 0.15) is 5.82 Å². The number of amides is 2. The van der Waals surface area contributed by atoms with E-state index in [1.54, 1.807) is 4.57 Å². The lowest BCUT2D eigenvalue weighted by atomic mass is 9.53. The van der Waals surface area contributed by atoms with Gasteiger partial charge in [-0.1, -0.05) is 32.4 Å². The van der Waals surface area contributed by atoms with Crippen LogP contribution in [-0.2, 0) is 6.54 Å². The largest absolute Gasteiger partial charge is 0.333 e. The minimum Gasteiger partial charge on any atom is -0.333 e. The molecule has 0 radical (unpaired) electrons. The fourth-order valence-electron chi connectivity index (χ4n) is 7.45. The minimum absolute atomic E-state index is 0.00812. The summed E-state index contributed by atoms with van der Waals surface area (Å²) in [4.78, 5) is 34.1. The lowest BCUT2D eigenvalue weighted by Crippen LogP contribution is -2.62. The molecular formula is C28H40N4O2. The van der Waals surface area contributed by atoms with Gasteiger partial charge in [-0.2, -0.15) is 0 Å². The summed E-state index contributed by atoms with van der Waals surface area (Å²) >= 11 is 0. The van der Waals surface area contributed by atoms with Crippen LogP contribution in [0.25, 0.3) is 10.9 Å². The Balaban J connectivity index is 1.46. The van der Waals surface area contributed by atoms with Crippen molar-refractivity contribution in [1.29, 1.82) is 0 Å². The average Bonchev–Trinajstić information content (AvgIpc) is 2.79. The van der Waals surface area contributed by atoms with E-state index in [1.165, 1.54) is 19.3 Å². The molecule has 34 heavy (non-hydrogen) atoms. The van der Waals surface area contributed by atoms with Crippen LogP contribution in [0.1, 0.15) is 90.4 Å². The van der Waals surface area contributed by atoms with Crippen molar-refractivity contribution >= 4 is 16.9 Å². The number of rotatable bonds is 8. The summed E-state index contributed by atoms with van der Waals surface area (Å²) in [5.74, 6) is 3.04. The molecule has 0 aliphatic heterocycles. The predicted molar refractivity (Wildman–Crippen MR) is 136 cm³/mol. The van der Waals surface area contributed by atoms with E-state index in [-0.39, 0.29) is 23.2 Å². The summed E-state index contributed by atoms with van der Waals surface area (Å²) in [5.41, 5.74) is 0.667. The lowest BCUT2D eigenvalue weighted by Gasteiger charge is -2.57. The molecule has 1 aromatic carbocycles. The van der Waals surface area contributed by atoms with Gasteiger partial charge in [-0.3, -0.25) is 9.36 Å². The number of carbonyl (C=O) groups is 1. The molecule has 4 aliphatic carbocycles. The fourth-order valence-corrected chi connectivity index (χ4v) is 7.45. The van der Waals surface area contributed by atoms with E-state index >= 15 is 0 Å². The Hall–Kier alpha value is -2.37. The van der Waals surface area contributed by atoms with Gasteiger partial charge in [-0.15, -0.1) is 0 Å². The molecular weight excluding hydrogens is 424 g/mol. The molecule has 6 nitrogen and oxygen atoms in total. The number of carbonyl (C=O) groups excluding carboxylic acids is 1. The maximum atomic E-state index is 13.9. The van der Waals surface area contributed by atoms with Gasteiger partial charge < -0.3 is 10.2 Å². The Morgan fingerprint density at radius 3 is 2.38 bits per heavy atom. The quantitative estimate of drug-likeness (QED) is 0.549.